The Morgan fingerprint density at radius 3 is 2.62 bits per heavy atom. The van der Waals surface area contributed by atoms with E-state index in [0.717, 1.165) is 9.26 Å². The van der Waals surface area contributed by atoms with Crippen LogP contribution in [0.4, 0.5) is 5.69 Å². The van der Waals surface area contributed by atoms with Gasteiger partial charge in [-0.1, -0.05) is 0 Å². The van der Waals surface area contributed by atoms with Gasteiger partial charge in [-0.3, -0.25) is 9.59 Å². The highest BCUT2D eigenvalue weighted by molar-refractivity contribution is 14.1. The molecule has 0 aromatic heterocycles. The number of rotatable bonds is 2. The molecule has 0 aliphatic carbocycles. The van der Waals surface area contributed by atoms with Crippen molar-refractivity contribution in [3.8, 4) is 0 Å². The normalized spacial score (nSPS) is 19.3. The van der Waals surface area contributed by atoms with Gasteiger partial charge in [-0.05, 0) is 46.9 Å². The maximum absolute atomic E-state index is 11.7. The largest absolute Gasteiger partial charge is 0.355 e. The van der Waals surface area contributed by atoms with Crippen molar-refractivity contribution in [1.82, 2.24) is 5.32 Å². The summed E-state index contributed by atoms with van der Waals surface area (Å²) >= 11 is 2.20. The second-order valence-corrected chi connectivity index (χ2v) is 4.95. The summed E-state index contributed by atoms with van der Waals surface area (Å²) in [5, 5.41) is 5.44. The fourth-order valence-electron chi connectivity index (χ4n) is 1.57. The predicted molar refractivity (Wildman–Crippen MR) is 68.9 cm³/mol. The van der Waals surface area contributed by atoms with E-state index in [1.165, 1.54) is 0 Å². The van der Waals surface area contributed by atoms with Crippen molar-refractivity contribution >= 4 is 40.1 Å². The number of carbonyl (C=O) groups excluding carboxylic acids is 2. The Labute approximate surface area is 107 Å². The number of nitrogens with one attached hydrogen (secondary N) is 2. The van der Waals surface area contributed by atoms with E-state index in [9.17, 15) is 9.59 Å². The van der Waals surface area contributed by atoms with Crippen molar-refractivity contribution < 1.29 is 9.59 Å². The maximum Gasteiger partial charge on any atom is 0.229 e. The summed E-state index contributed by atoms with van der Waals surface area (Å²) in [6, 6.07) is 7.55. The first-order valence-electron chi connectivity index (χ1n) is 4.98. The molecule has 1 aliphatic rings. The van der Waals surface area contributed by atoms with Crippen LogP contribution in [0.2, 0.25) is 0 Å². The molecule has 1 unspecified atom stereocenters. The Kier molecular flexibility index (Phi) is 3.42. The van der Waals surface area contributed by atoms with Crippen molar-refractivity contribution in [3.05, 3.63) is 27.8 Å². The average Bonchev–Trinajstić information content (AvgIpc) is 2.68. The van der Waals surface area contributed by atoms with Gasteiger partial charge in [0.05, 0.1) is 5.92 Å². The number of carbonyl (C=O) groups is 2. The number of hydrogen-bond acceptors (Lipinski definition) is 2. The summed E-state index contributed by atoms with van der Waals surface area (Å²) in [5.74, 6) is -0.394. The van der Waals surface area contributed by atoms with E-state index in [4.69, 9.17) is 0 Å². The molecule has 0 radical (unpaired) electrons. The smallest absolute Gasteiger partial charge is 0.229 e. The second kappa shape index (κ2) is 4.82. The van der Waals surface area contributed by atoms with E-state index in [-0.39, 0.29) is 24.2 Å². The van der Waals surface area contributed by atoms with E-state index in [1.54, 1.807) is 0 Å². The molecule has 1 fully saturated rings. The monoisotopic (exact) mass is 330 g/mol. The average molecular weight is 330 g/mol. The van der Waals surface area contributed by atoms with Gasteiger partial charge in [0.2, 0.25) is 11.8 Å². The quantitative estimate of drug-likeness (QED) is 0.805. The fraction of sp³-hybridized carbons (Fsp3) is 0.273. The van der Waals surface area contributed by atoms with Crippen LogP contribution in [0.1, 0.15) is 6.42 Å². The van der Waals surface area contributed by atoms with Crippen LogP contribution < -0.4 is 10.6 Å². The SMILES string of the molecule is O=C1CC(C(=O)Nc2ccc(I)cc2)CN1. The molecule has 1 aromatic rings. The molecular weight excluding hydrogens is 319 g/mol. The zero-order chi connectivity index (χ0) is 11.5. The number of halogens is 1. The zero-order valence-corrected chi connectivity index (χ0v) is 10.7. The van der Waals surface area contributed by atoms with Crippen molar-refractivity contribution in [1.29, 1.82) is 0 Å². The van der Waals surface area contributed by atoms with Gasteiger partial charge in [-0.25, -0.2) is 0 Å². The highest BCUT2D eigenvalue weighted by Gasteiger charge is 2.27. The molecule has 1 atom stereocenters. The summed E-state index contributed by atoms with van der Waals surface area (Å²) < 4.78 is 1.12. The predicted octanol–water partition coefficient (Wildman–Crippen LogP) is 1.37. The highest BCUT2D eigenvalue weighted by atomic mass is 127. The molecule has 1 aromatic carbocycles. The van der Waals surface area contributed by atoms with E-state index in [1.807, 2.05) is 24.3 Å². The molecule has 2 amide bonds. The lowest BCUT2D eigenvalue weighted by Crippen LogP contribution is -2.24. The summed E-state index contributed by atoms with van der Waals surface area (Å²) in [5.41, 5.74) is 0.768. The third-order valence-corrected chi connectivity index (χ3v) is 3.18. The molecule has 0 bridgehead atoms. The van der Waals surface area contributed by atoms with E-state index >= 15 is 0 Å². The van der Waals surface area contributed by atoms with Crippen LogP contribution in [0.15, 0.2) is 24.3 Å². The van der Waals surface area contributed by atoms with Crippen LogP contribution in [0, 0.1) is 9.49 Å². The molecule has 0 spiro atoms. The molecule has 1 heterocycles. The summed E-state index contributed by atoms with van der Waals surface area (Å²) in [6.45, 7) is 0.440. The van der Waals surface area contributed by atoms with Crippen LogP contribution >= 0.6 is 22.6 Å². The first-order chi connectivity index (χ1) is 7.65. The number of anilines is 1. The highest BCUT2D eigenvalue weighted by Crippen LogP contribution is 2.15. The zero-order valence-electron chi connectivity index (χ0n) is 8.50. The molecule has 1 saturated heterocycles. The number of hydrogen-bond donors (Lipinski definition) is 2. The van der Waals surface area contributed by atoms with Gasteiger partial charge >= 0.3 is 0 Å². The minimum atomic E-state index is -0.244. The van der Waals surface area contributed by atoms with Gasteiger partial charge in [-0.2, -0.15) is 0 Å². The molecule has 0 saturated carbocycles. The lowest BCUT2D eigenvalue weighted by molar-refractivity contribution is -0.123. The number of amides is 2. The summed E-state index contributed by atoms with van der Waals surface area (Å²) in [6.07, 6.45) is 0.288. The standard InChI is InChI=1S/C11H11IN2O2/c12-8-1-3-9(4-2-8)14-11(16)7-5-10(15)13-6-7/h1-4,7H,5-6H2,(H,13,15)(H,14,16). The molecule has 84 valence electrons. The minimum absolute atomic E-state index is 0.0530. The van der Waals surface area contributed by atoms with Crippen LogP contribution in [0.5, 0.6) is 0 Å². The Morgan fingerprint density at radius 1 is 1.38 bits per heavy atom. The molecule has 2 N–H and O–H groups in total. The van der Waals surface area contributed by atoms with E-state index < -0.39 is 0 Å². The summed E-state index contributed by atoms with van der Waals surface area (Å²) in [4.78, 5) is 22.7. The van der Waals surface area contributed by atoms with Gasteiger partial charge in [0.15, 0.2) is 0 Å². The lowest BCUT2D eigenvalue weighted by Gasteiger charge is -2.08. The molecular formula is C11H11IN2O2. The van der Waals surface area contributed by atoms with Crippen molar-refractivity contribution in [2.75, 3.05) is 11.9 Å². The Bertz CT molecular complexity index is 416. The molecule has 2 rings (SSSR count). The van der Waals surface area contributed by atoms with Gasteiger partial charge in [0.1, 0.15) is 0 Å². The van der Waals surface area contributed by atoms with Gasteiger partial charge in [0.25, 0.3) is 0 Å². The van der Waals surface area contributed by atoms with Crippen molar-refractivity contribution in [3.63, 3.8) is 0 Å². The number of benzene rings is 1. The van der Waals surface area contributed by atoms with Crippen molar-refractivity contribution in [2.24, 2.45) is 5.92 Å². The lowest BCUT2D eigenvalue weighted by atomic mass is 10.1. The molecule has 5 heteroatoms. The van der Waals surface area contributed by atoms with Gasteiger partial charge < -0.3 is 10.6 Å². The van der Waals surface area contributed by atoms with Crippen LogP contribution in [-0.4, -0.2) is 18.4 Å². The Hall–Kier alpha value is -1.11. The van der Waals surface area contributed by atoms with Crippen LogP contribution in [-0.2, 0) is 9.59 Å². The minimum Gasteiger partial charge on any atom is -0.355 e. The molecule has 16 heavy (non-hydrogen) atoms. The first kappa shape index (κ1) is 11.4. The molecule has 4 nitrogen and oxygen atoms in total. The maximum atomic E-state index is 11.7. The topological polar surface area (TPSA) is 58.2 Å². The Morgan fingerprint density at radius 2 is 2.06 bits per heavy atom. The van der Waals surface area contributed by atoms with E-state index in [0.29, 0.717) is 6.54 Å². The van der Waals surface area contributed by atoms with E-state index in [2.05, 4.69) is 33.2 Å². The van der Waals surface area contributed by atoms with Gasteiger partial charge in [0, 0.05) is 22.2 Å². The first-order valence-corrected chi connectivity index (χ1v) is 6.06. The van der Waals surface area contributed by atoms with Crippen molar-refractivity contribution in [2.45, 2.75) is 6.42 Å². The third kappa shape index (κ3) is 2.72. The molecule has 1 aliphatic heterocycles. The second-order valence-electron chi connectivity index (χ2n) is 3.70. The third-order valence-electron chi connectivity index (χ3n) is 2.46. The van der Waals surface area contributed by atoms with Crippen LogP contribution in [0.25, 0.3) is 0 Å². The van der Waals surface area contributed by atoms with Gasteiger partial charge in [-0.15, -0.1) is 0 Å². The summed E-state index contributed by atoms with van der Waals surface area (Å²) in [7, 11) is 0. The fourth-order valence-corrected chi connectivity index (χ4v) is 1.93. The van der Waals surface area contributed by atoms with Crippen LogP contribution in [0.3, 0.4) is 0 Å². The Balaban J connectivity index is 1.97.